The molecule has 0 saturated carbocycles. The van der Waals surface area contributed by atoms with Crippen molar-refractivity contribution in [2.45, 2.75) is 12.4 Å². The van der Waals surface area contributed by atoms with Gasteiger partial charge in [0.1, 0.15) is 6.67 Å². The Morgan fingerprint density at radius 1 is 1.31 bits per heavy atom. The van der Waals surface area contributed by atoms with Crippen molar-refractivity contribution in [2.75, 3.05) is 0 Å². The fourth-order valence-corrected chi connectivity index (χ4v) is 1.96. The van der Waals surface area contributed by atoms with Crippen LogP contribution in [0.2, 0.25) is 0 Å². The molecule has 72 valence electrons. The van der Waals surface area contributed by atoms with Gasteiger partial charge in [-0.25, -0.2) is 12.8 Å². The molecule has 0 unspecified atom stereocenters. The molecule has 0 N–H and O–H groups in total. The van der Waals surface area contributed by atoms with Gasteiger partial charge in [0.05, 0.1) is 5.75 Å². The molecule has 0 amide bonds. The Hall–Kier alpha value is -0.610. The first-order valence-corrected chi connectivity index (χ1v) is 6.05. The van der Waals surface area contributed by atoms with Crippen LogP contribution < -0.4 is 0 Å². The molecule has 0 heterocycles. The fraction of sp³-hybridized carbons (Fsp3) is 0.250. The third kappa shape index (κ3) is 3.74. The van der Waals surface area contributed by atoms with Gasteiger partial charge in [-0.15, -0.1) is 0 Å². The van der Waals surface area contributed by atoms with Crippen molar-refractivity contribution in [1.29, 1.82) is 0 Å². The normalized spacial score (nSPS) is 11.5. The van der Waals surface area contributed by atoms with Gasteiger partial charge in [-0.3, -0.25) is 0 Å². The zero-order valence-electron chi connectivity index (χ0n) is 6.70. The smallest absolute Gasteiger partial charge is 0.236 e. The highest BCUT2D eigenvalue weighted by molar-refractivity contribution is 8.13. The molecule has 0 atom stereocenters. The van der Waals surface area contributed by atoms with Crippen molar-refractivity contribution in [1.82, 2.24) is 0 Å². The van der Waals surface area contributed by atoms with Crippen LogP contribution in [0.3, 0.4) is 0 Å². The summed E-state index contributed by atoms with van der Waals surface area (Å²) in [6, 6.07) is 6.27. The summed E-state index contributed by atoms with van der Waals surface area (Å²) in [5.41, 5.74) is 0.961. The first kappa shape index (κ1) is 10.5. The summed E-state index contributed by atoms with van der Waals surface area (Å²) in [4.78, 5) is 0. The molecule has 1 rings (SSSR count). The van der Waals surface area contributed by atoms with E-state index in [1.807, 2.05) is 0 Å². The second-order valence-electron chi connectivity index (χ2n) is 2.64. The Bertz CT molecular complexity index is 389. The molecule has 0 fully saturated rings. The second-order valence-corrected chi connectivity index (χ2v) is 5.41. The van der Waals surface area contributed by atoms with Gasteiger partial charge in [0.2, 0.25) is 9.05 Å². The standard InChI is InChI=1S/C8H8ClFO2S/c9-13(11,12)6-8-3-1-2-7(4-8)5-10/h1-4H,5-6H2. The second kappa shape index (κ2) is 4.07. The average Bonchev–Trinajstić information content (AvgIpc) is 2.01. The molecule has 0 aromatic heterocycles. The van der Waals surface area contributed by atoms with Crippen molar-refractivity contribution >= 4 is 19.7 Å². The van der Waals surface area contributed by atoms with Gasteiger partial charge in [0, 0.05) is 10.7 Å². The maximum atomic E-state index is 12.2. The van der Waals surface area contributed by atoms with Crippen molar-refractivity contribution in [2.24, 2.45) is 0 Å². The van der Waals surface area contributed by atoms with E-state index in [1.165, 1.54) is 6.07 Å². The zero-order valence-corrected chi connectivity index (χ0v) is 8.28. The Morgan fingerprint density at radius 2 is 1.92 bits per heavy atom. The highest BCUT2D eigenvalue weighted by Crippen LogP contribution is 2.12. The monoisotopic (exact) mass is 222 g/mol. The van der Waals surface area contributed by atoms with Gasteiger partial charge in [-0.05, 0) is 11.1 Å². The summed E-state index contributed by atoms with van der Waals surface area (Å²) in [6.45, 7) is -0.601. The van der Waals surface area contributed by atoms with Crippen molar-refractivity contribution in [3.05, 3.63) is 35.4 Å². The van der Waals surface area contributed by atoms with E-state index < -0.39 is 15.7 Å². The first-order chi connectivity index (χ1) is 6.01. The SMILES string of the molecule is O=S(=O)(Cl)Cc1cccc(CF)c1. The maximum Gasteiger partial charge on any atom is 0.236 e. The van der Waals surface area contributed by atoms with Crippen LogP contribution in [0.15, 0.2) is 24.3 Å². The topological polar surface area (TPSA) is 34.1 Å². The largest absolute Gasteiger partial charge is 0.246 e. The molecule has 0 radical (unpaired) electrons. The number of alkyl halides is 1. The van der Waals surface area contributed by atoms with Gasteiger partial charge in [0.15, 0.2) is 0 Å². The van der Waals surface area contributed by atoms with E-state index in [4.69, 9.17) is 10.7 Å². The molecule has 0 saturated heterocycles. The first-order valence-electron chi connectivity index (χ1n) is 3.57. The molecule has 5 heteroatoms. The number of rotatable bonds is 3. The molecule has 1 aromatic rings. The maximum absolute atomic E-state index is 12.2. The van der Waals surface area contributed by atoms with E-state index in [1.54, 1.807) is 18.2 Å². The van der Waals surface area contributed by atoms with Crippen molar-refractivity contribution in [3.63, 3.8) is 0 Å². The van der Waals surface area contributed by atoms with Crippen LogP contribution in [0.25, 0.3) is 0 Å². The highest BCUT2D eigenvalue weighted by atomic mass is 35.7. The van der Waals surface area contributed by atoms with Crippen molar-refractivity contribution < 1.29 is 12.8 Å². The Balaban J connectivity index is 2.90. The third-order valence-electron chi connectivity index (χ3n) is 1.48. The van der Waals surface area contributed by atoms with Crippen LogP contribution in [0, 0.1) is 0 Å². The lowest BCUT2D eigenvalue weighted by molar-refractivity contribution is 0.485. The lowest BCUT2D eigenvalue weighted by Gasteiger charge is -1.99. The lowest BCUT2D eigenvalue weighted by Crippen LogP contribution is -1.95. The van der Waals surface area contributed by atoms with Crippen LogP contribution in [0.1, 0.15) is 11.1 Å². The predicted octanol–water partition coefficient (Wildman–Crippen LogP) is 2.22. The number of benzene rings is 1. The molecule has 2 nitrogen and oxygen atoms in total. The van der Waals surface area contributed by atoms with Crippen LogP contribution in [-0.2, 0) is 21.5 Å². The van der Waals surface area contributed by atoms with Crippen LogP contribution in [-0.4, -0.2) is 8.42 Å². The van der Waals surface area contributed by atoms with E-state index in [2.05, 4.69) is 0 Å². The third-order valence-corrected chi connectivity index (χ3v) is 2.49. The molecule has 0 aliphatic heterocycles. The van der Waals surface area contributed by atoms with Crippen LogP contribution >= 0.6 is 10.7 Å². The number of hydrogen-bond donors (Lipinski definition) is 0. The van der Waals surface area contributed by atoms with Crippen molar-refractivity contribution in [3.8, 4) is 0 Å². The summed E-state index contributed by atoms with van der Waals surface area (Å²) in [5, 5.41) is 0. The van der Waals surface area contributed by atoms with Gasteiger partial charge in [-0.1, -0.05) is 24.3 Å². The van der Waals surface area contributed by atoms with Crippen LogP contribution in [0.4, 0.5) is 4.39 Å². The van der Waals surface area contributed by atoms with Gasteiger partial charge < -0.3 is 0 Å². The summed E-state index contributed by atoms with van der Waals surface area (Å²) in [7, 11) is 1.49. The molecule has 0 aliphatic carbocycles. The number of hydrogen-bond acceptors (Lipinski definition) is 2. The highest BCUT2D eigenvalue weighted by Gasteiger charge is 2.06. The summed E-state index contributed by atoms with van der Waals surface area (Å²) in [5.74, 6) is -0.262. The molecular weight excluding hydrogens is 215 g/mol. The van der Waals surface area contributed by atoms with E-state index in [-0.39, 0.29) is 5.75 Å². The molecule has 1 aromatic carbocycles. The quantitative estimate of drug-likeness (QED) is 0.735. The minimum Gasteiger partial charge on any atom is -0.246 e. The van der Waals surface area contributed by atoms with Gasteiger partial charge >= 0.3 is 0 Å². The van der Waals surface area contributed by atoms with Gasteiger partial charge in [-0.2, -0.15) is 0 Å². The molecule has 13 heavy (non-hydrogen) atoms. The Labute approximate surface area is 80.8 Å². The summed E-state index contributed by atoms with van der Waals surface area (Å²) < 4.78 is 33.5. The number of halogens is 2. The lowest BCUT2D eigenvalue weighted by atomic mass is 10.2. The predicted molar refractivity (Wildman–Crippen MR) is 49.7 cm³/mol. The Morgan fingerprint density at radius 3 is 2.46 bits per heavy atom. The molecule has 0 aliphatic rings. The minimum absolute atomic E-state index is 0.262. The molecule has 0 spiro atoms. The summed E-state index contributed by atoms with van der Waals surface area (Å²) >= 11 is 0. The van der Waals surface area contributed by atoms with Crippen LogP contribution in [0.5, 0.6) is 0 Å². The van der Waals surface area contributed by atoms with E-state index in [0.717, 1.165) is 0 Å². The summed E-state index contributed by atoms with van der Waals surface area (Å²) in [6.07, 6.45) is 0. The fourth-order valence-electron chi connectivity index (χ4n) is 1.00. The van der Waals surface area contributed by atoms with E-state index >= 15 is 0 Å². The minimum atomic E-state index is -3.55. The average molecular weight is 223 g/mol. The van der Waals surface area contributed by atoms with E-state index in [0.29, 0.717) is 11.1 Å². The van der Waals surface area contributed by atoms with Gasteiger partial charge in [0.25, 0.3) is 0 Å². The molecule has 0 bridgehead atoms. The Kier molecular flexibility index (Phi) is 3.27. The zero-order chi connectivity index (χ0) is 9.90. The molecular formula is C8H8ClFO2S. The van der Waals surface area contributed by atoms with E-state index in [9.17, 15) is 12.8 Å².